The first-order valence-electron chi connectivity index (χ1n) is 8.66. The molecule has 3 nitrogen and oxygen atoms in total. The first-order chi connectivity index (χ1) is 12.6. The molecule has 1 aromatic heterocycles. The van der Waals surface area contributed by atoms with Crippen LogP contribution < -0.4 is 5.73 Å². The molecule has 3 aromatic carbocycles. The summed E-state index contributed by atoms with van der Waals surface area (Å²) in [4.78, 5) is 12.0. The molecule has 130 valence electrons. The van der Waals surface area contributed by atoms with E-state index in [0.29, 0.717) is 5.56 Å². The molecular formula is C22H19IN2O. The summed E-state index contributed by atoms with van der Waals surface area (Å²) in [6, 6.07) is 20.8. The molecule has 0 saturated heterocycles. The molecule has 0 aliphatic heterocycles. The maximum atomic E-state index is 12.0. The highest BCUT2D eigenvalue weighted by atomic mass is 127. The van der Waals surface area contributed by atoms with Crippen LogP contribution in [0.1, 0.15) is 28.4 Å². The Bertz CT molecular complexity index is 1130. The zero-order chi connectivity index (χ0) is 18.3. The lowest BCUT2D eigenvalue weighted by Gasteiger charge is -2.09. The van der Waals surface area contributed by atoms with Gasteiger partial charge >= 0.3 is 0 Å². The molecule has 4 heteroatoms. The van der Waals surface area contributed by atoms with Gasteiger partial charge in [-0.1, -0.05) is 37.3 Å². The minimum Gasteiger partial charge on any atom is -0.366 e. The predicted molar refractivity (Wildman–Crippen MR) is 116 cm³/mol. The van der Waals surface area contributed by atoms with Crippen LogP contribution in [0.4, 0.5) is 0 Å². The topological polar surface area (TPSA) is 48.0 Å². The fourth-order valence-corrected chi connectivity index (χ4v) is 3.92. The molecule has 4 rings (SSSR count). The average Bonchev–Trinajstić information content (AvgIpc) is 2.96. The molecule has 0 bridgehead atoms. The number of carbonyl (C=O) groups is 1. The Labute approximate surface area is 165 Å². The third kappa shape index (κ3) is 2.88. The van der Waals surface area contributed by atoms with Gasteiger partial charge in [-0.05, 0) is 70.5 Å². The van der Waals surface area contributed by atoms with Gasteiger partial charge in [0.05, 0.1) is 5.52 Å². The second-order valence-electron chi connectivity index (χ2n) is 6.48. The van der Waals surface area contributed by atoms with E-state index in [1.807, 2.05) is 12.1 Å². The van der Waals surface area contributed by atoms with Gasteiger partial charge in [0.25, 0.3) is 0 Å². The number of benzene rings is 3. The van der Waals surface area contributed by atoms with E-state index < -0.39 is 0 Å². The molecule has 1 amide bonds. The standard InChI is InChI=1S/C22H19IN2O/c1-2-14-8-11-17-20(12-14)25(13-15-6-9-16(23)10-7-15)19-5-3-4-18(21(17)19)22(24)26/h3-12H,2,13H2,1H3,(H2,24,26). The van der Waals surface area contributed by atoms with Crippen LogP contribution in [0.2, 0.25) is 0 Å². The Morgan fingerprint density at radius 3 is 2.42 bits per heavy atom. The molecule has 1 heterocycles. The molecule has 0 atom stereocenters. The first kappa shape index (κ1) is 17.1. The Hall–Kier alpha value is -2.34. The molecule has 26 heavy (non-hydrogen) atoms. The fraction of sp³-hybridized carbons (Fsp3) is 0.136. The van der Waals surface area contributed by atoms with Gasteiger partial charge in [-0.2, -0.15) is 0 Å². The number of nitrogens with two attached hydrogens (primary N) is 1. The number of carbonyl (C=O) groups excluding carboxylic acids is 1. The van der Waals surface area contributed by atoms with Gasteiger partial charge < -0.3 is 10.3 Å². The monoisotopic (exact) mass is 454 g/mol. The lowest BCUT2D eigenvalue weighted by atomic mass is 10.0. The van der Waals surface area contributed by atoms with Crippen LogP contribution in [0.5, 0.6) is 0 Å². The summed E-state index contributed by atoms with van der Waals surface area (Å²) in [5, 5.41) is 2.03. The van der Waals surface area contributed by atoms with E-state index in [-0.39, 0.29) is 5.91 Å². The maximum Gasteiger partial charge on any atom is 0.249 e. The summed E-state index contributed by atoms with van der Waals surface area (Å²) >= 11 is 2.32. The van der Waals surface area contributed by atoms with Crippen molar-refractivity contribution in [3.8, 4) is 0 Å². The zero-order valence-electron chi connectivity index (χ0n) is 14.5. The number of hydrogen-bond acceptors (Lipinski definition) is 1. The lowest BCUT2D eigenvalue weighted by Crippen LogP contribution is -2.11. The highest BCUT2D eigenvalue weighted by molar-refractivity contribution is 14.1. The van der Waals surface area contributed by atoms with Crippen molar-refractivity contribution in [1.29, 1.82) is 0 Å². The van der Waals surface area contributed by atoms with E-state index in [1.54, 1.807) is 0 Å². The number of aromatic nitrogens is 1. The highest BCUT2D eigenvalue weighted by Gasteiger charge is 2.16. The van der Waals surface area contributed by atoms with Crippen molar-refractivity contribution in [2.24, 2.45) is 5.73 Å². The van der Waals surface area contributed by atoms with E-state index >= 15 is 0 Å². The first-order valence-corrected chi connectivity index (χ1v) is 9.74. The van der Waals surface area contributed by atoms with Crippen LogP contribution in [0.15, 0.2) is 60.7 Å². The van der Waals surface area contributed by atoms with Crippen molar-refractivity contribution in [1.82, 2.24) is 4.57 Å². The SMILES string of the molecule is CCc1ccc2c3c(C(N)=O)cccc3n(Cc3ccc(I)cc3)c2c1. The number of halogens is 1. The quantitative estimate of drug-likeness (QED) is 0.428. The number of nitrogens with zero attached hydrogens (tertiary/aromatic N) is 1. The molecule has 0 aliphatic rings. The largest absolute Gasteiger partial charge is 0.366 e. The molecule has 0 aliphatic carbocycles. The third-order valence-electron chi connectivity index (χ3n) is 4.88. The van der Waals surface area contributed by atoms with E-state index in [9.17, 15) is 4.79 Å². The van der Waals surface area contributed by atoms with Crippen LogP contribution in [-0.4, -0.2) is 10.5 Å². The summed E-state index contributed by atoms with van der Waals surface area (Å²) < 4.78 is 3.51. The van der Waals surface area contributed by atoms with Gasteiger partial charge in [0.2, 0.25) is 5.91 Å². The Morgan fingerprint density at radius 2 is 1.73 bits per heavy atom. The maximum absolute atomic E-state index is 12.0. The summed E-state index contributed by atoms with van der Waals surface area (Å²) in [7, 11) is 0. The van der Waals surface area contributed by atoms with Crippen molar-refractivity contribution in [3.05, 3.63) is 80.9 Å². The number of hydrogen-bond donors (Lipinski definition) is 1. The van der Waals surface area contributed by atoms with Gasteiger partial charge in [-0.25, -0.2) is 0 Å². The molecule has 2 N–H and O–H groups in total. The second kappa shape index (κ2) is 6.76. The summed E-state index contributed by atoms with van der Waals surface area (Å²) in [6.07, 6.45) is 0.976. The number of fused-ring (bicyclic) bond motifs is 3. The van der Waals surface area contributed by atoms with Gasteiger partial charge in [-0.3, -0.25) is 4.79 Å². The van der Waals surface area contributed by atoms with Gasteiger partial charge in [0, 0.05) is 32.0 Å². The lowest BCUT2D eigenvalue weighted by molar-refractivity contribution is 0.100. The molecule has 0 fully saturated rings. The number of rotatable bonds is 4. The summed E-state index contributed by atoms with van der Waals surface area (Å²) in [5.74, 6) is -0.386. The van der Waals surface area contributed by atoms with E-state index in [4.69, 9.17) is 5.73 Å². The van der Waals surface area contributed by atoms with Crippen LogP contribution in [-0.2, 0) is 13.0 Å². The van der Waals surface area contributed by atoms with Crippen molar-refractivity contribution < 1.29 is 4.79 Å². The highest BCUT2D eigenvalue weighted by Crippen LogP contribution is 2.33. The summed E-state index contributed by atoms with van der Waals surface area (Å²) in [5.41, 5.74) is 10.9. The Balaban J connectivity index is 2.03. The van der Waals surface area contributed by atoms with Crippen LogP contribution in [0.3, 0.4) is 0 Å². The molecule has 0 spiro atoms. The van der Waals surface area contributed by atoms with Crippen LogP contribution in [0.25, 0.3) is 21.8 Å². The minimum absolute atomic E-state index is 0.386. The van der Waals surface area contributed by atoms with Crippen LogP contribution in [0, 0.1) is 3.57 Å². The van der Waals surface area contributed by atoms with Crippen molar-refractivity contribution in [2.75, 3.05) is 0 Å². The predicted octanol–water partition coefficient (Wildman–Crippen LogP) is 5.11. The molecular weight excluding hydrogens is 435 g/mol. The van der Waals surface area contributed by atoms with Gasteiger partial charge in [0.15, 0.2) is 0 Å². The third-order valence-corrected chi connectivity index (χ3v) is 5.60. The second-order valence-corrected chi connectivity index (χ2v) is 7.73. The van der Waals surface area contributed by atoms with E-state index in [0.717, 1.165) is 34.8 Å². The van der Waals surface area contributed by atoms with Crippen molar-refractivity contribution in [3.63, 3.8) is 0 Å². The van der Waals surface area contributed by atoms with Crippen molar-refractivity contribution in [2.45, 2.75) is 19.9 Å². The molecule has 0 saturated carbocycles. The van der Waals surface area contributed by atoms with E-state index in [1.165, 1.54) is 14.7 Å². The number of aryl methyl sites for hydroxylation is 1. The summed E-state index contributed by atoms with van der Waals surface area (Å²) in [6.45, 7) is 2.91. The Kier molecular flexibility index (Phi) is 4.44. The number of primary amides is 1. The normalized spacial score (nSPS) is 11.3. The molecule has 0 unspecified atom stereocenters. The van der Waals surface area contributed by atoms with E-state index in [2.05, 4.69) is 82.6 Å². The average molecular weight is 454 g/mol. The van der Waals surface area contributed by atoms with Crippen molar-refractivity contribution >= 4 is 50.3 Å². The minimum atomic E-state index is -0.386. The van der Waals surface area contributed by atoms with Gasteiger partial charge in [-0.15, -0.1) is 0 Å². The molecule has 0 radical (unpaired) electrons. The van der Waals surface area contributed by atoms with Gasteiger partial charge in [0.1, 0.15) is 0 Å². The number of amides is 1. The molecule has 4 aromatic rings. The van der Waals surface area contributed by atoms with Crippen LogP contribution >= 0.6 is 22.6 Å². The Morgan fingerprint density at radius 1 is 1.00 bits per heavy atom. The fourth-order valence-electron chi connectivity index (χ4n) is 3.56. The zero-order valence-corrected chi connectivity index (χ0v) is 16.7. The smallest absolute Gasteiger partial charge is 0.249 e.